The van der Waals surface area contributed by atoms with Crippen molar-refractivity contribution in [3.63, 3.8) is 0 Å². The van der Waals surface area contributed by atoms with E-state index in [9.17, 15) is 13.2 Å². The first kappa shape index (κ1) is 14.4. The first-order valence-corrected chi connectivity index (χ1v) is 6.03. The Morgan fingerprint density at radius 2 is 2.15 bits per heavy atom. The summed E-state index contributed by atoms with van der Waals surface area (Å²) >= 11 is 0. The maximum absolute atomic E-state index is 12.3. The molecule has 0 saturated carbocycles. The topological polar surface area (TPSA) is 29.3 Å². The van der Waals surface area contributed by atoms with Crippen LogP contribution < -0.4 is 0 Å². The first-order valence-electron chi connectivity index (χ1n) is 6.03. The second kappa shape index (κ2) is 4.85. The third-order valence-corrected chi connectivity index (χ3v) is 3.21. The zero-order chi connectivity index (χ0) is 15.0. The van der Waals surface area contributed by atoms with Crippen LogP contribution in [-0.4, -0.2) is 23.1 Å². The van der Waals surface area contributed by atoms with Crippen molar-refractivity contribution in [2.24, 2.45) is 5.41 Å². The van der Waals surface area contributed by atoms with Gasteiger partial charge in [0.05, 0.1) is 0 Å². The lowest BCUT2D eigenvalue weighted by molar-refractivity contribution is -0.155. The van der Waals surface area contributed by atoms with Crippen molar-refractivity contribution >= 4 is 6.08 Å². The minimum Gasteiger partial charge on any atom is -0.370 e. The summed E-state index contributed by atoms with van der Waals surface area (Å²) in [5.74, 6) is -1.09. The molecule has 2 heterocycles. The number of aromatic nitrogens is 1. The van der Waals surface area contributed by atoms with Crippen molar-refractivity contribution < 1.29 is 17.7 Å². The molecule has 0 N–H and O–H groups in total. The molecule has 6 heteroatoms. The van der Waals surface area contributed by atoms with Crippen LogP contribution in [0.5, 0.6) is 0 Å². The molecule has 0 bridgehead atoms. The van der Waals surface area contributed by atoms with Gasteiger partial charge in [-0.3, -0.25) is 0 Å². The fourth-order valence-electron chi connectivity index (χ4n) is 2.05. The summed E-state index contributed by atoms with van der Waals surface area (Å²) in [5, 5.41) is 3.39. The predicted octanol–water partition coefficient (Wildman–Crippen LogP) is 3.73. The number of hydrogen-bond donors (Lipinski definition) is 0. The fraction of sp³-hybridized carbons (Fsp3) is 0.357. The summed E-state index contributed by atoms with van der Waals surface area (Å²) in [4.78, 5) is 2.04. The minimum absolute atomic E-state index is 0.108. The molecule has 0 aliphatic carbocycles. The third-order valence-electron chi connectivity index (χ3n) is 3.21. The van der Waals surface area contributed by atoms with E-state index in [1.165, 1.54) is 0 Å². The number of rotatable bonds is 4. The van der Waals surface area contributed by atoms with Crippen LogP contribution in [0.15, 0.2) is 41.6 Å². The van der Waals surface area contributed by atoms with Gasteiger partial charge < -0.3 is 9.42 Å². The van der Waals surface area contributed by atoms with Crippen LogP contribution in [0.25, 0.3) is 6.08 Å². The van der Waals surface area contributed by atoms with E-state index in [0.29, 0.717) is 0 Å². The van der Waals surface area contributed by atoms with Crippen LogP contribution in [0, 0.1) is 5.41 Å². The molecule has 0 spiro atoms. The van der Waals surface area contributed by atoms with Crippen molar-refractivity contribution in [2.45, 2.75) is 13.1 Å². The summed E-state index contributed by atoms with van der Waals surface area (Å²) in [6.07, 6.45) is 0.569. The molecule has 1 aliphatic heterocycles. The second-order valence-electron chi connectivity index (χ2n) is 5.15. The summed E-state index contributed by atoms with van der Waals surface area (Å²) < 4.78 is 41.3. The van der Waals surface area contributed by atoms with Gasteiger partial charge in [0, 0.05) is 30.3 Å². The van der Waals surface area contributed by atoms with Gasteiger partial charge in [0.15, 0.2) is 0 Å². The lowest BCUT2D eigenvalue weighted by atomic mass is 9.81. The molecular weight excluding hydrogens is 269 g/mol. The van der Waals surface area contributed by atoms with E-state index in [1.54, 1.807) is 12.2 Å². The summed E-state index contributed by atoms with van der Waals surface area (Å²) in [6, 6.07) is 0.888. The largest absolute Gasteiger partial charge is 0.452 e. The molecule has 1 aromatic heterocycles. The molecular formula is C14H15F3N2O. The summed E-state index contributed by atoms with van der Waals surface area (Å²) in [5.41, 5.74) is 0.903. The molecule has 1 saturated heterocycles. The quantitative estimate of drug-likeness (QED) is 0.789. The number of likely N-dealkylation sites (tertiary alicyclic amines) is 1. The Hall–Kier alpha value is -1.98. The van der Waals surface area contributed by atoms with E-state index in [-0.39, 0.29) is 11.1 Å². The lowest BCUT2D eigenvalue weighted by Gasteiger charge is -2.48. The average Bonchev–Trinajstić information content (AvgIpc) is 2.80. The van der Waals surface area contributed by atoms with Gasteiger partial charge in [-0.25, -0.2) is 0 Å². The van der Waals surface area contributed by atoms with Crippen LogP contribution in [0.2, 0.25) is 0 Å². The Balaban J connectivity index is 1.99. The van der Waals surface area contributed by atoms with Crippen molar-refractivity contribution in [1.29, 1.82) is 0 Å². The van der Waals surface area contributed by atoms with Gasteiger partial charge in [-0.05, 0) is 12.2 Å². The smallest absolute Gasteiger partial charge is 0.370 e. The van der Waals surface area contributed by atoms with Crippen molar-refractivity contribution in [2.75, 3.05) is 13.1 Å². The van der Waals surface area contributed by atoms with E-state index in [0.717, 1.165) is 24.9 Å². The molecule has 20 heavy (non-hydrogen) atoms. The maximum Gasteiger partial charge on any atom is 0.452 e. The monoisotopic (exact) mass is 284 g/mol. The van der Waals surface area contributed by atoms with Gasteiger partial charge in [-0.2, -0.15) is 13.2 Å². The molecule has 0 atom stereocenters. The van der Waals surface area contributed by atoms with Crippen LogP contribution >= 0.6 is 0 Å². The first-order chi connectivity index (χ1) is 9.23. The summed E-state index contributed by atoms with van der Waals surface area (Å²) in [7, 11) is 0. The molecule has 1 fully saturated rings. The zero-order valence-electron chi connectivity index (χ0n) is 11.1. The van der Waals surface area contributed by atoms with Gasteiger partial charge >= 0.3 is 6.18 Å². The van der Waals surface area contributed by atoms with Crippen molar-refractivity contribution in [1.82, 2.24) is 10.1 Å². The van der Waals surface area contributed by atoms with Crippen molar-refractivity contribution in [3.05, 3.63) is 48.5 Å². The Labute approximate surface area is 115 Å². The van der Waals surface area contributed by atoms with Crippen LogP contribution in [0.4, 0.5) is 13.2 Å². The van der Waals surface area contributed by atoms with E-state index < -0.39 is 11.9 Å². The van der Waals surface area contributed by atoms with Gasteiger partial charge in [-0.1, -0.05) is 31.3 Å². The van der Waals surface area contributed by atoms with Gasteiger partial charge in [0.2, 0.25) is 5.76 Å². The Morgan fingerprint density at radius 1 is 1.50 bits per heavy atom. The fourth-order valence-corrected chi connectivity index (χ4v) is 2.05. The normalized spacial score (nSPS) is 18.1. The highest BCUT2D eigenvalue weighted by molar-refractivity contribution is 5.46. The standard InChI is InChI=1S/C14H15F3N2O/c1-4-10(2)19-8-13(3,9-19)6-5-11-7-12(20-18-11)14(15,16)17/h4-7H,1-2,8-9H2,3H3/b6-5-. The molecule has 0 aromatic carbocycles. The predicted molar refractivity (Wildman–Crippen MR) is 69.6 cm³/mol. The zero-order valence-corrected chi connectivity index (χ0v) is 11.1. The lowest BCUT2D eigenvalue weighted by Crippen LogP contribution is -2.52. The van der Waals surface area contributed by atoms with Gasteiger partial charge in [0.25, 0.3) is 0 Å². The maximum atomic E-state index is 12.3. The highest BCUT2D eigenvalue weighted by Crippen LogP contribution is 2.35. The van der Waals surface area contributed by atoms with Gasteiger partial charge in [-0.15, -0.1) is 0 Å². The molecule has 0 radical (unpaired) electrons. The molecule has 1 aliphatic rings. The van der Waals surface area contributed by atoms with E-state index in [2.05, 4.69) is 22.8 Å². The highest BCUT2D eigenvalue weighted by atomic mass is 19.4. The van der Waals surface area contributed by atoms with Crippen LogP contribution in [0.1, 0.15) is 18.4 Å². The number of allylic oxidation sites excluding steroid dienone is 1. The van der Waals surface area contributed by atoms with Crippen molar-refractivity contribution in [3.8, 4) is 0 Å². The summed E-state index contributed by atoms with van der Waals surface area (Å²) in [6.45, 7) is 11.0. The van der Waals surface area contributed by atoms with Crippen LogP contribution in [0.3, 0.4) is 0 Å². The number of hydrogen-bond acceptors (Lipinski definition) is 3. The molecule has 3 nitrogen and oxygen atoms in total. The third kappa shape index (κ3) is 2.95. The van der Waals surface area contributed by atoms with Crippen LogP contribution in [-0.2, 0) is 6.18 Å². The second-order valence-corrected chi connectivity index (χ2v) is 5.15. The number of alkyl halides is 3. The minimum atomic E-state index is -4.50. The molecule has 0 amide bonds. The van der Waals surface area contributed by atoms with Gasteiger partial charge in [0.1, 0.15) is 5.69 Å². The Kier molecular flexibility index (Phi) is 3.50. The number of halogens is 3. The van der Waals surface area contributed by atoms with E-state index in [4.69, 9.17) is 0 Å². The van der Waals surface area contributed by atoms with E-state index >= 15 is 0 Å². The molecule has 108 valence electrons. The average molecular weight is 284 g/mol. The molecule has 2 rings (SSSR count). The Bertz CT molecular complexity index is 551. The Morgan fingerprint density at radius 3 is 2.65 bits per heavy atom. The number of nitrogens with zero attached hydrogens (tertiary/aromatic N) is 2. The molecule has 1 aromatic rings. The highest BCUT2D eigenvalue weighted by Gasteiger charge is 2.37. The SMILES string of the molecule is C=CC(=C)N1CC(C)(/C=C\c2cc(C(F)(F)F)on2)C1. The molecule has 0 unspecified atom stereocenters. The van der Waals surface area contributed by atoms with E-state index in [1.807, 2.05) is 17.9 Å².